The fourth-order valence-corrected chi connectivity index (χ4v) is 2.80. The van der Waals surface area contributed by atoms with Crippen molar-refractivity contribution in [1.29, 1.82) is 0 Å². The molecular formula is C12H13BrN2O3S. The Morgan fingerprint density at radius 1 is 1.53 bits per heavy atom. The monoisotopic (exact) mass is 344 g/mol. The van der Waals surface area contributed by atoms with Crippen molar-refractivity contribution in [3.63, 3.8) is 0 Å². The van der Waals surface area contributed by atoms with Gasteiger partial charge in [-0.2, -0.15) is 0 Å². The van der Waals surface area contributed by atoms with Gasteiger partial charge in [0.1, 0.15) is 6.04 Å². The Morgan fingerprint density at radius 3 is 2.79 bits per heavy atom. The van der Waals surface area contributed by atoms with Crippen LogP contribution in [0.3, 0.4) is 0 Å². The highest BCUT2D eigenvalue weighted by Crippen LogP contribution is 2.21. The highest BCUT2D eigenvalue weighted by Gasteiger charge is 2.18. The molecule has 1 atom stereocenters. The second-order valence-electron chi connectivity index (χ2n) is 3.66. The lowest BCUT2D eigenvalue weighted by atomic mass is 10.2. The molecule has 0 aliphatic heterocycles. The molecule has 3 N–H and O–H groups in total. The molecule has 0 spiro atoms. The van der Waals surface area contributed by atoms with Crippen LogP contribution in [0.4, 0.5) is 4.79 Å². The van der Waals surface area contributed by atoms with E-state index in [0.717, 1.165) is 8.66 Å². The number of terminal acetylenes is 1. The van der Waals surface area contributed by atoms with Gasteiger partial charge in [-0.05, 0) is 34.5 Å². The third-order valence-electron chi connectivity index (χ3n) is 2.21. The second kappa shape index (κ2) is 7.81. The summed E-state index contributed by atoms with van der Waals surface area (Å²) >= 11 is 4.94. The number of rotatable bonds is 6. The van der Waals surface area contributed by atoms with Crippen molar-refractivity contribution >= 4 is 39.3 Å². The highest BCUT2D eigenvalue weighted by atomic mass is 79.9. The third kappa shape index (κ3) is 5.77. The number of urea groups is 1. The Labute approximate surface area is 123 Å². The number of aliphatic carboxylic acids is 1. The minimum atomic E-state index is -1.14. The van der Waals surface area contributed by atoms with Crippen molar-refractivity contribution in [3.8, 4) is 12.3 Å². The molecule has 0 aromatic carbocycles. The smallest absolute Gasteiger partial charge is 0.327 e. The van der Waals surface area contributed by atoms with E-state index in [-0.39, 0.29) is 6.42 Å². The molecule has 0 saturated heterocycles. The molecule has 5 nitrogen and oxygen atoms in total. The summed E-state index contributed by atoms with van der Waals surface area (Å²) < 4.78 is 1.03. The second-order valence-corrected chi connectivity index (χ2v) is 6.20. The van der Waals surface area contributed by atoms with Crippen molar-refractivity contribution in [2.75, 3.05) is 6.54 Å². The van der Waals surface area contributed by atoms with Crippen LogP contribution in [0.1, 0.15) is 11.3 Å². The maximum atomic E-state index is 11.5. The first-order valence-electron chi connectivity index (χ1n) is 5.47. The molecule has 1 heterocycles. The molecule has 0 saturated carbocycles. The van der Waals surface area contributed by atoms with Gasteiger partial charge in [0, 0.05) is 17.8 Å². The van der Waals surface area contributed by atoms with E-state index >= 15 is 0 Å². The van der Waals surface area contributed by atoms with Crippen molar-refractivity contribution in [3.05, 3.63) is 20.8 Å². The van der Waals surface area contributed by atoms with Gasteiger partial charge >= 0.3 is 12.0 Å². The summed E-state index contributed by atoms with van der Waals surface area (Å²) in [5.41, 5.74) is 0. The first-order chi connectivity index (χ1) is 9.02. The number of carbonyl (C=O) groups is 2. The van der Waals surface area contributed by atoms with Crippen LogP contribution in [0.5, 0.6) is 0 Å². The zero-order valence-electron chi connectivity index (χ0n) is 9.98. The Hall–Kier alpha value is -1.52. The zero-order chi connectivity index (χ0) is 14.3. The van der Waals surface area contributed by atoms with Gasteiger partial charge in [-0.15, -0.1) is 23.7 Å². The number of hydrogen-bond acceptors (Lipinski definition) is 3. The number of hydrogen-bond donors (Lipinski definition) is 3. The van der Waals surface area contributed by atoms with Crippen LogP contribution < -0.4 is 10.6 Å². The minimum absolute atomic E-state index is 0.0410. The molecule has 2 amide bonds. The van der Waals surface area contributed by atoms with Crippen LogP contribution in [0.25, 0.3) is 0 Å². The largest absolute Gasteiger partial charge is 0.480 e. The van der Waals surface area contributed by atoms with Crippen molar-refractivity contribution in [2.45, 2.75) is 18.9 Å². The Morgan fingerprint density at radius 2 is 2.26 bits per heavy atom. The van der Waals surface area contributed by atoms with Crippen LogP contribution in [-0.2, 0) is 11.2 Å². The Kier molecular flexibility index (Phi) is 6.39. The maximum absolute atomic E-state index is 11.5. The van der Waals surface area contributed by atoms with E-state index in [9.17, 15) is 9.59 Å². The van der Waals surface area contributed by atoms with E-state index in [1.165, 1.54) is 0 Å². The standard InChI is InChI=1S/C12H13BrN2O3S/c1-2-3-9(11(16)17)15-12(18)14-7-6-8-4-5-10(13)19-8/h1,4-5,9H,3,6-7H2,(H,16,17)(H2,14,15,18). The molecule has 1 rings (SSSR count). The average molecular weight is 345 g/mol. The molecule has 1 aromatic rings. The van der Waals surface area contributed by atoms with Gasteiger partial charge in [-0.1, -0.05) is 0 Å². The predicted octanol–water partition coefficient (Wildman–Crippen LogP) is 1.83. The summed E-state index contributed by atoms with van der Waals surface area (Å²) in [6.45, 7) is 0.432. The summed E-state index contributed by atoms with van der Waals surface area (Å²) in [5, 5.41) is 13.7. The van der Waals surface area contributed by atoms with Gasteiger partial charge < -0.3 is 15.7 Å². The quantitative estimate of drug-likeness (QED) is 0.689. The minimum Gasteiger partial charge on any atom is -0.480 e. The molecule has 102 valence electrons. The predicted molar refractivity (Wildman–Crippen MR) is 77.1 cm³/mol. The first kappa shape index (κ1) is 15.5. The average Bonchev–Trinajstić information content (AvgIpc) is 2.74. The number of halogens is 1. The number of carbonyl (C=O) groups excluding carboxylic acids is 1. The number of carboxylic acid groups (broad SMARTS) is 1. The van der Waals surface area contributed by atoms with Crippen molar-refractivity contribution in [1.82, 2.24) is 10.6 Å². The van der Waals surface area contributed by atoms with Crippen molar-refractivity contribution in [2.24, 2.45) is 0 Å². The topological polar surface area (TPSA) is 78.4 Å². The van der Waals surface area contributed by atoms with Gasteiger partial charge in [-0.3, -0.25) is 0 Å². The van der Waals surface area contributed by atoms with Gasteiger partial charge in [0.15, 0.2) is 0 Å². The van der Waals surface area contributed by atoms with Gasteiger partial charge in [0.05, 0.1) is 3.79 Å². The molecule has 7 heteroatoms. The van der Waals surface area contributed by atoms with Gasteiger partial charge in [0.2, 0.25) is 0 Å². The fourth-order valence-electron chi connectivity index (χ4n) is 1.31. The van der Waals surface area contributed by atoms with E-state index in [2.05, 4.69) is 32.5 Å². The maximum Gasteiger partial charge on any atom is 0.327 e. The van der Waals surface area contributed by atoms with Gasteiger partial charge in [-0.25, -0.2) is 9.59 Å². The van der Waals surface area contributed by atoms with Gasteiger partial charge in [0.25, 0.3) is 0 Å². The molecule has 0 aliphatic rings. The third-order valence-corrected chi connectivity index (χ3v) is 3.89. The summed E-state index contributed by atoms with van der Waals surface area (Å²) in [4.78, 5) is 23.4. The zero-order valence-corrected chi connectivity index (χ0v) is 12.4. The lowest BCUT2D eigenvalue weighted by Gasteiger charge is -2.12. The van der Waals surface area contributed by atoms with Crippen molar-refractivity contribution < 1.29 is 14.7 Å². The van der Waals surface area contributed by atoms with E-state index in [0.29, 0.717) is 13.0 Å². The van der Waals surface area contributed by atoms with E-state index in [4.69, 9.17) is 11.5 Å². The highest BCUT2D eigenvalue weighted by molar-refractivity contribution is 9.11. The Balaban J connectivity index is 2.31. The molecular weight excluding hydrogens is 332 g/mol. The molecule has 0 aliphatic carbocycles. The number of carboxylic acids is 1. The summed E-state index contributed by atoms with van der Waals surface area (Å²) in [6.07, 6.45) is 5.68. The molecule has 0 fully saturated rings. The fraction of sp³-hybridized carbons (Fsp3) is 0.333. The van der Waals surface area contributed by atoms with Crippen LogP contribution in [0.2, 0.25) is 0 Å². The molecule has 19 heavy (non-hydrogen) atoms. The normalized spacial score (nSPS) is 11.4. The number of amides is 2. The molecule has 1 unspecified atom stereocenters. The lowest BCUT2D eigenvalue weighted by molar-refractivity contribution is -0.139. The number of thiophene rings is 1. The summed E-state index contributed by atoms with van der Waals surface area (Å²) in [5.74, 6) is 1.07. The van der Waals surface area contributed by atoms with E-state index < -0.39 is 18.0 Å². The first-order valence-corrected chi connectivity index (χ1v) is 7.08. The van der Waals surface area contributed by atoms with Crippen LogP contribution in [0.15, 0.2) is 15.9 Å². The van der Waals surface area contributed by atoms with Crippen LogP contribution >= 0.6 is 27.3 Å². The summed E-state index contributed by atoms with van der Waals surface area (Å²) in [7, 11) is 0. The molecule has 0 bridgehead atoms. The SMILES string of the molecule is C#CCC(NC(=O)NCCc1ccc(Br)s1)C(=O)O. The molecule has 1 aromatic heterocycles. The number of nitrogens with one attached hydrogen (secondary N) is 2. The van der Waals surface area contributed by atoms with Crippen LogP contribution in [0, 0.1) is 12.3 Å². The lowest BCUT2D eigenvalue weighted by Crippen LogP contribution is -2.46. The molecule has 0 radical (unpaired) electrons. The Bertz CT molecular complexity index is 495. The van der Waals surface area contributed by atoms with E-state index in [1.54, 1.807) is 11.3 Å². The summed E-state index contributed by atoms with van der Waals surface area (Å²) in [6, 6.07) is 2.32. The van der Waals surface area contributed by atoms with E-state index in [1.807, 2.05) is 12.1 Å². The van der Waals surface area contributed by atoms with Crippen LogP contribution in [-0.4, -0.2) is 29.7 Å².